The number of halogens is 3. The molecule has 2 rings (SSSR count). The minimum atomic E-state index is -4.14. The van der Waals surface area contributed by atoms with Crippen LogP contribution in [0.3, 0.4) is 0 Å². The second-order valence-corrected chi connectivity index (χ2v) is 10.4. The normalized spacial score (nSPS) is 12.4. The monoisotopic (exact) mass is 532 g/mol. The van der Waals surface area contributed by atoms with Crippen LogP contribution in [0.25, 0.3) is 0 Å². The molecule has 2 aromatic rings. The van der Waals surface area contributed by atoms with E-state index in [9.17, 15) is 22.4 Å². The fourth-order valence-corrected chi connectivity index (χ4v) is 4.84. The number of benzene rings is 2. The van der Waals surface area contributed by atoms with E-state index in [1.165, 1.54) is 38.2 Å². The van der Waals surface area contributed by atoms with Crippen LogP contribution in [-0.4, -0.2) is 63.2 Å². The Morgan fingerprint density at radius 3 is 2.09 bits per heavy atom. The van der Waals surface area contributed by atoms with E-state index in [-0.39, 0.29) is 18.7 Å². The van der Waals surface area contributed by atoms with E-state index in [0.29, 0.717) is 15.6 Å². The number of nitrogens with one attached hydrogen (secondary N) is 1. The van der Waals surface area contributed by atoms with Gasteiger partial charge < -0.3 is 10.2 Å². The Hall–Kier alpha value is -2.40. The molecule has 0 heterocycles. The second kappa shape index (κ2) is 11.8. The Morgan fingerprint density at radius 1 is 1.06 bits per heavy atom. The predicted octanol–water partition coefficient (Wildman–Crippen LogP) is 3.30. The van der Waals surface area contributed by atoms with Gasteiger partial charge in [-0.1, -0.05) is 36.2 Å². The first-order valence-electron chi connectivity index (χ1n) is 10.3. The number of hydrogen-bond donors (Lipinski definition) is 1. The number of carbonyl (C=O) groups is 2. The fraction of sp³-hybridized carbons (Fsp3) is 0.364. The molecule has 0 aliphatic heterocycles. The molecule has 0 saturated carbocycles. The zero-order valence-electron chi connectivity index (χ0n) is 19.3. The zero-order chi connectivity index (χ0) is 25.6. The molecule has 0 aromatic heterocycles. The molecule has 1 unspecified atom stereocenters. The van der Waals surface area contributed by atoms with E-state index in [1.807, 2.05) is 0 Å². The van der Waals surface area contributed by atoms with Gasteiger partial charge in [0.2, 0.25) is 11.8 Å². The lowest BCUT2D eigenvalue weighted by Gasteiger charge is -2.34. The standard InChI is InChI=1S/C22H27Cl2FN4O4S/c1-5-20(22(31)26-2)28(13-17-18(23)7-6-8-19(17)24)21(30)14-29(34(32,33)27(3)4)16-11-9-15(25)10-12-16/h6-12,20H,5,13-14H2,1-4H3,(H,26,31). The van der Waals surface area contributed by atoms with Gasteiger partial charge in [0.05, 0.1) is 5.69 Å². The third-order valence-corrected chi connectivity index (χ3v) is 7.68. The summed E-state index contributed by atoms with van der Waals surface area (Å²) in [5.41, 5.74) is 0.512. The Bertz CT molecular complexity index is 1110. The van der Waals surface area contributed by atoms with E-state index < -0.39 is 40.4 Å². The van der Waals surface area contributed by atoms with Gasteiger partial charge in [-0.3, -0.25) is 9.59 Å². The Morgan fingerprint density at radius 2 is 1.62 bits per heavy atom. The molecule has 0 aliphatic carbocycles. The molecule has 1 N–H and O–H groups in total. The zero-order valence-corrected chi connectivity index (χ0v) is 21.6. The number of hydrogen-bond acceptors (Lipinski definition) is 4. The number of rotatable bonds is 10. The van der Waals surface area contributed by atoms with E-state index in [2.05, 4.69) is 5.32 Å². The van der Waals surface area contributed by atoms with E-state index >= 15 is 0 Å². The molecule has 12 heteroatoms. The van der Waals surface area contributed by atoms with Crippen LogP contribution in [0, 0.1) is 5.82 Å². The molecule has 2 aromatic carbocycles. The van der Waals surface area contributed by atoms with Gasteiger partial charge in [-0.15, -0.1) is 0 Å². The van der Waals surface area contributed by atoms with Gasteiger partial charge in [0, 0.05) is 43.3 Å². The van der Waals surface area contributed by atoms with E-state index in [0.717, 1.165) is 20.7 Å². The van der Waals surface area contributed by atoms with E-state index in [4.69, 9.17) is 23.2 Å². The Balaban J connectivity index is 2.54. The maximum Gasteiger partial charge on any atom is 0.304 e. The molecule has 8 nitrogen and oxygen atoms in total. The average Bonchev–Trinajstić information content (AvgIpc) is 2.79. The predicted molar refractivity (Wildman–Crippen MR) is 132 cm³/mol. The smallest absolute Gasteiger partial charge is 0.304 e. The van der Waals surface area contributed by atoms with Gasteiger partial charge in [0.15, 0.2) is 0 Å². The largest absolute Gasteiger partial charge is 0.357 e. The molecule has 186 valence electrons. The quantitative estimate of drug-likeness (QED) is 0.508. The highest BCUT2D eigenvalue weighted by atomic mass is 35.5. The van der Waals surface area contributed by atoms with Gasteiger partial charge in [-0.25, -0.2) is 8.70 Å². The molecule has 0 spiro atoms. The van der Waals surface area contributed by atoms with Crippen LogP contribution in [0.1, 0.15) is 18.9 Å². The number of anilines is 1. The highest BCUT2D eigenvalue weighted by molar-refractivity contribution is 7.90. The van der Waals surface area contributed by atoms with Gasteiger partial charge in [0.1, 0.15) is 18.4 Å². The van der Waals surface area contributed by atoms with Crippen molar-refractivity contribution in [2.75, 3.05) is 32.0 Å². The summed E-state index contributed by atoms with van der Waals surface area (Å²) in [6.07, 6.45) is 0.254. The highest BCUT2D eigenvalue weighted by Gasteiger charge is 2.34. The van der Waals surface area contributed by atoms with Crippen LogP contribution in [0.5, 0.6) is 0 Å². The minimum absolute atomic E-state index is 0.0900. The first-order chi connectivity index (χ1) is 15.9. The van der Waals surface area contributed by atoms with Crippen molar-refractivity contribution in [1.29, 1.82) is 0 Å². The van der Waals surface area contributed by atoms with E-state index in [1.54, 1.807) is 25.1 Å². The Kier molecular flexibility index (Phi) is 9.69. The third kappa shape index (κ3) is 6.38. The van der Waals surface area contributed by atoms with Crippen molar-refractivity contribution in [3.8, 4) is 0 Å². The van der Waals surface area contributed by atoms with Crippen LogP contribution < -0.4 is 9.62 Å². The molecule has 1 atom stereocenters. The average molecular weight is 533 g/mol. The summed E-state index contributed by atoms with van der Waals surface area (Å²) in [4.78, 5) is 27.4. The molecule has 2 amide bonds. The van der Waals surface area contributed by atoms with Gasteiger partial charge in [-0.05, 0) is 42.8 Å². The maximum absolute atomic E-state index is 13.6. The number of nitrogens with zero attached hydrogens (tertiary/aromatic N) is 3. The molecule has 34 heavy (non-hydrogen) atoms. The van der Waals surface area contributed by atoms with Gasteiger partial charge in [-0.2, -0.15) is 12.7 Å². The lowest BCUT2D eigenvalue weighted by Crippen LogP contribution is -2.53. The van der Waals surface area contributed by atoms with Crippen molar-refractivity contribution in [2.24, 2.45) is 0 Å². The second-order valence-electron chi connectivity index (χ2n) is 7.53. The molecule has 0 aliphatic rings. The number of amides is 2. The van der Waals surface area contributed by atoms with Crippen molar-refractivity contribution in [3.05, 3.63) is 63.9 Å². The van der Waals surface area contributed by atoms with Crippen LogP contribution in [0.2, 0.25) is 10.0 Å². The SMILES string of the molecule is CCC(C(=O)NC)N(Cc1c(Cl)cccc1Cl)C(=O)CN(c1ccc(F)cc1)S(=O)(=O)N(C)C. The number of likely N-dealkylation sites (N-methyl/N-ethyl adjacent to an activating group) is 1. The summed E-state index contributed by atoms with van der Waals surface area (Å²) in [5, 5.41) is 3.12. The molecular weight excluding hydrogens is 506 g/mol. The minimum Gasteiger partial charge on any atom is -0.357 e. The topological polar surface area (TPSA) is 90.0 Å². The maximum atomic E-state index is 13.6. The summed E-state index contributed by atoms with van der Waals surface area (Å²) in [5.74, 6) is -1.65. The molecule has 0 fully saturated rings. The lowest BCUT2D eigenvalue weighted by molar-refractivity contribution is -0.140. The van der Waals surface area contributed by atoms with Crippen LogP contribution >= 0.6 is 23.2 Å². The first-order valence-corrected chi connectivity index (χ1v) is 12.5. The summed E-state index contributed by atoms with van der Waals surface area (Å²) in [7, 11) is -0.0620. The summed E-state index contributed by atoms with van der Waals surface area (Å²) in [6.45, 7) is 0.965. The lowest BCUT2D eigenvalue weighted by atomic mass is 10.1. The summed E-state index contributed by atoms with van der Waals surface area (Å²) in [6, 6.07) is 8.65. The Labute approximate surface area is 209 Å². The van der Waals surface area contributed by atoms with Crippen molar-refractivity contribution in [2.45, 2.75) is 25.9 Å². The van der Waals surface area contributed by atoms with Gasteiger partial charge in [0.25, 0.3) is 0 Å². The van der Waals surface area contributed by atoms with Crippen molar-refractivity contribution >= 4 is 50.9 Å². The molecule has 0 bridgehead atoms. The van der Waals surface area contributed by atoms with Crippen LogP contribution in [-0.2, 0) is 26.3 Å². The van der Waals surface area contributed by atoms with Crippen molar-refractivity contribution in [1.82, 2.24) is 14.5 Å². The van der Waals surface area contributed by atoms with Gasteiger partial charge >= 0.3 is 10.2 Å². The van der Waals surface area contributed by atoms with Crippen LogP contribution in [0.4, 0.5) is 10.1 Å². The third-order valence-electron chi connectivity index (χ3n) is 5.16. The van der Waals surface area contributed by atoms with Crippen LogP contribution in [0.15, 0.2) is 42.5 Å². The molecule has 0 saturated heterocycles. The molecular formula is C22H27Cl2FN4O4S. The molecule has 0 radical (unpaired) electrons. The first kappa shape index (κ1) is 27.8. The van der Waals surface area contributed by atoms with Crippen molar-refractivity contribution < 1.29 is 22.4 Å². The summed E-state index contributed by atoms with van der Waals surface area (Å²) >= 11 is 12.6. The number of carbonyl (C=O) groups excluding carboxylic acids is 2. The fourth-order valence-electron chi connectivity index (χ4n) is 3.26. The highest BCUT2D eigenvalue weighted by Crippen LogP contribution is 2.28. The van der Waals surface area contributed by atoms with Crippen molar-refractivity contribution in [3.63, 3.8) is 0 Å². The summed E-state index contributed by atoms with van der Waals surface area (Å²) < 4.78 is 41.3.